The van der Waals surface area contributed by atoms with E-state index in [1.54, 1.807) is 6.92 Å². The molecule has 1 amide bonds. The summed E-state index contributed by atoms with van der Waals surface area (Å²) in [6.45, 7) is 4.72. The van der Waals surface area contributed by atoms with Crippen LogP contribution in [0.25, 0.3) is 0 Å². The Hall–Kier alpha value is -1.97. The Labute approximate surface area is 151 Å². The zero-order valence-electron chi connectivity index (χ0n) is 14.1. The van der Waals surface area contributed by atoms with Crippen molar-refractivity contribution < 1.29 is 26.7 Å². The van der Waals surface area contributed by atoms with Gasteiger partial charge >= 0.3 is 6.18 Å². The Kier molecular flexibility index (Phi) is 5.74. The molecule has 1 heterocycles. The van der Waals surface area contributed by atoms with E-state index in [2.05, 4.69) is 10.2 Å². The van der Waals surface area contributed by atoms with Crippen LogP contribution in [0.3, 0.4) is 0 Å². The maximum Gasteiger partial charge on any atom is 0.434 e. The third kappa shape index (κ3) is 3.60. The first-order valence-corrected chi connectivity index (χ1v) is 8.53. The van der Waals surface area contributed by atoms with Crippen LogP contribution in [0.1, 0.15) is 27.2 Å². The Morgan fingerprint density at radius 3 is 2.46 bits per heavy atom. The first-order chi connectivity index (χ1) is 12.1. The maximum atomic E-state index is 14.2. The molecular weight excluding hydrogens is 377 g/mol. The molecule has 0 fully saturated rings. The second kappa shape index (κ2) is 7.34. The van der Waals surface area contributed by atoms with Crippen molar-refractivity contribution in [1.29, 1.82) is 0 Å². The standard InChI is InChI=1S/C16H16F5N3OS/c1-4-9(2)26-14-15(3,13(22-23-14)16(19,20)21)24(8-25)12-6-5-10(17)7-11(12)18/h5-9H,4H2,1-3H3. The number of thioether (sulfide) groups is 1. The Bertz CT molecular complexity index is 765. The quantitative estimate of drug-likeness (QED) is 0.544. The van der Waals surface area contributed by atoms with Gasteiger partial charge in [0.1, 0.15) is 22.2 Å². The van der Waals surface area contributed by atoms with Crippen molar-refractivity contribution in [3.63, 3.8) is 0 Å². The smallest absolute Gasteiger partial charge is 0.294 e. The number of hydrogen-bond acceptors (Lipinski definition) is 4. The number of alkyl halides is 3. The third-order valence-corrected chi connectivity index (χ3v) is 5.47. The maximum absolute atomic E-state index is 14.2. The first-order valence-electron chi connectivity index (χ1n) is 7.65. The van der Waals surface area contributed by atoms with Crippen LogP contribution < -0.4 is 4.90 Å². The van der Waals surface area contributed by atoms with Crippen LogP contribution in [0.15, 0.2) is 28.4 Å². The summed E-state index contributed by atoms with van der Waals surface area (Å²) in [5.74, 6) is -2.08. The summed E-state index contributed by atoms with van der Waals surface area (Å²) < 4.78 is 67.9. The second-order valence-electron chi connectivity index (χ2n) is 5.83. The van der Waals surface area contributed by atoms with Gasteiger partial charge in [-0.05, 0) is 25.5 Å². The molecule has 2 atom stereocenters. The summed E-state index contributed by atoms with van der Waals surface area (Å²) in [6.07, 6.45) is -4.20. The van der Waals surface area contributed by atoms with E-state index in [1.165, 1.54) is 0 Å². The molecule has 26 heavy (non-hydrogen) atoms. The van der Waals surface area contributed by atoms with Gasteiger partial charge in [-0.15, -0.1) is 22.0 Å². The number of amides is 1. The molecule has 142 valence electrons. The molecule has 0 bridgehead atoms. The zero-order chi connectivity index (χ0) is 19.7. The highest BCUT2D eigenvalue weighted by atomic mass is 32.2. The predicted molar refractivity (Wildman–Crippen MR) is 91.6 cm³/mol. The molecule has 0 aromatic heterocycles. The number of nitrogens with zero attached hydrogens (tertiary/aromatic N) is 3. The number of benzene rings is 1. The average Bonchev–Trinajstić information content (AvgIpc) is 2.87. The Morgan fingerprint density at radius 2 is 1.96 bits per heavy atom. The normalized spacial score (nSPS) is 21.2. The van der Waals surface area contributed by atoms with Crippen molar-refractivity contribution in [2.75, 3.05) is 4.90 Å². The van der Waals surface area contributed by atoms with E-state index < -0.39 is 34.7 Å². The van der Waals surface area contributed by atoms with Gasteiger partial charge in [0.2, 0.25) is 6.41 Å². The molecule has 1 aromatic rings. The van der Waals surface area contributed by atoms with Crippen molar-refractivity contribution in [3.8, 4) is 0 Å². The minimum Gasteiger partial charge on any atom is -0.294 e. The first kappa shape index (κ1) is 20.3. The molecule has 4 nitrogen and oxygen atoms in total. The molecule has 0 saturated carbocycles. The van der Waals surface area contributed by atoms with E-state index in [1.807, 2.05) is 6.92 Å². The summed E-state index contributed by atoms with van der Waals surface area (Å²) in [5.41, 5.74) is -4.00. The van der Waals surface area contributed by atoms with Gasteiger partial charge in [-0.3, -0.25) is 9.69 Å². The van der Waals surface area contributed by atoms with Crippen molar-refractivity contribution in [1.82, 2.24) is 0 Å². The average molecular weight is 393 g/mol. The van der Waals surface area contributed by atoms with Crippen molar-refractivity contribution in [2.45, 2.75) is 44.2 Å². The van der Waals surface area contributed by atoms with E-state index >= 15 is 0 Å². The molecule has 0 spiro atoms. The molecule has 1 aliphatic heterocycles. The highest BCUT2D eigenvalue weighted by Gasteiger charge is 2.57. The SMILES string of the molecule is CCC(C)SC1=NN=C(C(F)(F)F)C1(C)N(C=O)c1ccc(F)cc1F. The van der Waals surface area contributed by atoms with Gasteiger partial charge in [0, 0.05) is 11.3 Å². The van der Waals surface area contributed by atoms with Crippen LogP contribution >= 0.6 is 11.8 Å². The zero-order valence-corrected chi connectivity index (χ0v) is 15.0. The van der Waals surface area contributed by atoms with Crippen molar-refractivity contribution in [2.24, 2.45) is 10.2 Å². The summed E-state index contributed by atoms with van der Waals surface area (Å²) in [7, 11) is 0. The van der Waals surface area contributed by atoms with E-state index in [9.17, 15) is 26.7 Å². The van der Waals surface area contributed by atoms with Gasteiger partial charge in [-0.1, -0.05) is 13.8 Å². The second-order valence-corrected chi connectivity index (χ2v) is 7.26. The number of hydrogen-bond donors (Lipinski definition) is 0. The molecule has 0 saturated heterocycles. The molecular formula is C16H16F5N3OS. The topological polar surface area (TPSA) is 45.0 Å². The summed E-state index contributed by atoms with van der Waals surface area (Å²) in [4.78, 5) is 12.2. The monoisotopic (exact) mass is 393 g/mol. The lowest BCUT2D eigenvalue weighted by Gasteiger charge is -2.38. The van der Waals surface area contributed by atoms with Gasteiger partial charge in [-0.2, -0.15) is 13.2 Å². The van der Waals surface area contributed by atoms with Crippen LogP contribution in [-0.4, -0.2) is 34.1 Å². The minimum absolute atomic E-state index is 0.0651. The number of carbonyl (C=O) groups is 1. The van der Waals surface area contributed by atoms with Crippen molar-refractivity contribution in [3.05, 3.63) is 29.8 Å². The van der Waals surface area contributed by atoms with Crippen LogP contribution in [0.5, 0.6) is 0 Å². The van der Waals surface area contributed by atoms with E-state index in [-0.39, 0.29) is 16.7 Å². The largest absolute Gasteiger partial charge is 0.434 e. The fraction of sp³-hybridized carbons (Fsp3) is 0.438. The summed E-state index contributed by atoms with van der Waals surface area (Å²) in [6, 6.07) is 2.26. The van der Waals surface area contributed by atoms with Crippen LogP contribution in [0, 0.1) is 11.6 Å². The molecule has 0 radical (unpaired) electrons. The van der Waals surface area contributed by atoms with E-state index in [4.69, 9.17) is 0 Å². The Balaban J connectivity index is 2.60. The molecule has 2 rings (SSSR count). The van der Waals surface area contributed by atoms with Crippen LogP contribution in [-0.2, 0) is 4.79 Å². The lowest BCUT2D eigenvalue weighted by molar-refractivity contribution is -0.108. The fourth-order valence-corrected chi connectivity index (χ4v) is 3.49. The van der Waals surface area contributed by atoms with Gasteiger partial charge in [0.05, 0.1) is 5.69 Å². The van der Waals surface area contributed by atoms with E-state index in [0.717, 1.165) is 30.8 Å². The number of anilines is 1. The van der Waals surface area contributed by atoms with Crippen molar-refractivity contribution >= 4 is 34.6 Å². The third-order valence-electron chi connectivity index (χ3n) is 4.03. The highest BCUT2D eigenvalue weighted by Crippen LogP contribution is 2.41. The summed E-state index contributed by atoms with van der Waals surface area (Å²) in [5, 5.41) is 6.65. The van der Waals surface area contributed by atoms with Crippen LogP contribution in [0.4, 0.5) is 27.6 Å². The van der Waals surface area contributed by atoms with Gasteiger partial charge < -0.3 is 0 Å². The van der Waals surface area contributed by atoms with Crippen LogP contribution in [0.2, 0.25) is 0 Å². The molecule has 10 heteroatoms. The van der Waals surface area contributed by atoms with Gasteiger partial charge in [0.15, 0.2) is 5.71 Å². The van der Waals surface area contributed by atoms with Gasteiger partial charge in [-0.25, -0.2) is 8.78 Å². The fourth-order valence-electron chi connectivity index (χ4n) is 2.43. The minimum atomic E-state index is -4.90. The van der Waals surface area contributed by atoms with E-state index in [0.29, 0.717) is 17.4 Å². The molecule has 2 unspecified atom stereocenters. The molecule has 1 aromatic carbocycles. The summed E-state index contributed by atoms with van der Waals surface area (Å²) >= 11 is 1.02. The number of rotatable bonds is 5. The van der Waals surface area contributed by atoms with Gasteiger partial charge in [0.25, 0.3) is 0 Å². The molecule has 0 aliphatic carbocycles. The highest BCUT2D eigenvalue weighted by molar-refractivity contribution is 8.14. The molecule has 1 aliphatic rings. The lowest BCUT2D eigenvalue weighted by Crippen LogP contribution is -2.59. The predicted octanol–water partition coefficient (Wildman–Crippen LogP) is 4.55. The Morgan fingerprint density at radius 1 is 1.31 bits per heavy atom. The lowest BCUT2D eigenvalue weighted by atomic mass is 9.94. The number of carbonyl (C=O) groups excluding carboxylic acids is 1. The number of halogens is 5. The molecule has 0 N–H and O–H groups in total.